The second-order valence-corrected chi connectivity index (χ2v) is 5.62. The summed E-state index contributed by atoms with van der Waals surface area (Å²) < 4.78 is 4.62. The van der Waals surface area contributed by atoms with Crippen molar-refractivity contribution < 1.29 is 9.53 Å². The predicted octanol–water partition coefficient (Wildman–Crippen LogP) is 4.92. The molecule has 2 aromatic rings. The standard InChI is InChI=1S/C16H8Cl3N3O2/c1-24-16(23)8-2-4-9(5-3-8)22-15-11(7-21)12(17)10(6-20)13(18)14(15)19/h2-5,22H,1H3. The number of ether oxygens (including phenoxy) is 1. The second kappa shape index (κ2) is 7.42. The van der Waals surface area contributed by atoms with Gasteiger partial charge in [0.05, 0.1) is 44.6 Å². The van der Waals surface area contributed by atoms with E-state index in [1.54, 1.807) is 24.3 Å². The summed E-state index contributed by atoms with van der Waals surface area (Å²) in [5, 5.41) is 21.2. The Bertz CT molecular complexity index is 897. The van der Waals surface area contributed by atoms with Crippen LogP contribution in [0.3, 0.4) is 0 Å². The van der Waals surface area contributed by atoms with Crippen LogP contribution in [0, 0.1) is 22.7 Å². The molecule has 0 saturated heterocycles. The molecule has 1 N–H and O–H groups in total. The van der Waals surface area contributed by atoms with Crippen molar-refractivity contribution in [1.82, 2.24) is 0 Å². The number of nitrogens with one attached hydrogen (secondary N) is 1. The minimum atomic E-state index is -0.471. The quantitative estimate of drug-likeness (QED) is 0.603. The smallest absolute Gasteiger partial charge is 0.337 e. The molecule has 0 aliphatic rings. The third kappa shape index (κ3) is 3.25. The van der Waals surface area contributed by atoms with E-state index in [-0.39, 0.29) is 31.9 Å². The van der Waals surface area contributed by atoms with E-state index in [9.17, 15) is 10.1 Å². The first kappa shape index (κ1) is 17.9. The summed E-state index contributed by atoms with van der Waals surface area (Å²) in [5.41, 5.74) is 1.02. The van der Waals surface area contributed by atoms with Crippen molar-refractivity contribution in [3.05, 3.63) is 56.0 Å². The third-order valence-corrected chi connectivity index (χ3v) is 4.35. The first-order valence-electron chi connectivity index (χ1n) is 6.40. The zero-order valence-corrected chi connectivity index (χ0v) is 14.4. The molecule has 0 unspecified atom stereocenters. The van der Waals surface area contributed by atoms with Gasteiger partial charge in [-0.15, -0.1) is 0 Å². The SMILES string of the molecule is COC(=O)c1ccc(Nc2c(Cl)c(Cl)c(C#N)c(Cl)c2C#N)cc1. The molecule has 0 aromatic heterocycles. The molecular weight excluding hydrogens is 373 g/mol. The Morgan fingerprint density at radius 3 is 2.08 bits per heavy atom. The van der Waals surface area contributed by atoms with Crippen LogP contribution in [0.5, 0.6) is 0 Å². The van der Waals surface area contributed by atoms with E-state index in [0.717, 1.165) is 0 Å². The number of carbonyl (C=O) groups is 1. The topological polar surface area (TPSA) is 85.9 Å². The molecular formula is C16H8Cl3N3O2. The van der Waals surface area contributed by atoms with E-state index in [1.807, 2.05) is 12.1 Å². The lowest BCUT2D eigenvalue weighted by Gasteiger charge is -2.14. The van der Waals surface area contributed by atoms with Crippen molar-refractivity contribution in [3.63, 3.8) is 0 Å². The Hall–Kier alpha value is -2.44. The third-order valence-electron chi connectivity index (χ3n) is 3.12. The summed E-state index contributed by atoms with van der Waals surface area (Å²) in [6, 6.07) is 10.0. The molecule has 0 fully saturated rings. The lowest BCUT2D eigenvalue weighted by Crippen LogP contribution is -2.02. The van der Waals surface area contributed by atoms with Gasteiger partial charge in [-0.2, -0.15) is 10.5 Å². The average Bonchev–Trinajstić information content (AvgIpc) is 2.60. The number of benzene rings is 2. The van der Waals surface area contributed by atoms with E-state index in [4.69, 9.17) is 40.1 Å². The van der Waals surface area contributed by atoms with Crippen molar-refractivity contribution in [1.29, 1.82) is 10.5 Å². The highest BCUT2D eigenvalue weighted by Crippen LogP contribution is 2.42. The van der Waals surface area contributed by atoms with E-state index >= 15 is 0 Å². The number of nitrogens with zero attached hydrogens (tertiary/aromatic N) is 2. The van der Waals surface area contributed by atoms with Crippen molar-refractivity contribution in [2.24, 2.45) is 0 Å². The number of anilines is 2. The Morgan fingerprint density at radius 2 is 1.58 bits per heavy atom. The maximum Gasteiger partial charge on any atom is 0.337 e. The number of rotatable bonds is 3. The lowest BCUT2D eigenvalue weighted by molar-refractivity contribution is 0.0601. The van der Waals surface area contributed by atoms with Gasteiger partial charge in [-0.05, 0) is 24.3 Å². The molecule has 24 heavy (non-hydrogen) atoms. The number of methoxy groups -OCH3 is 1. The fraction of sp³-hybridized carbons (Fsp3) is 0.0625. The average molecular weight is 381 g/mol. The van der Waals surface area contributed by atoms with Crippen LogP contribution in [-0.2, 0) is 4.74 Å². The normalized spacial score (nSPS) is 9.75. The summed E-state index contributed by atoms with van der Waals surface area (Å²) in [6.07, 6.45) is 0. The zero-order valence-electron chi connectivity index (χ0n) is 12.2. The van der Waals surface area contributed by atoms with Crippen molar-refractivity contribution in [2.75, 3.05) is 12.4 Å². The first-order chi connectivity index (χ1) is 11.4. The van der Waals surface area contributed by atoms with Gasteiger partial charge in [-0.1, -0.05) is 34.8 Å². The van der Waals surface area contributed by atoms with Gasteiger partial charge in [0.1, 0.15) is 12.1 Å². The summed E-state index contributed by atoms with van der Waals surface area (Å²) in [7, 11) is 1.29. The van der Waals surface area contributed by atoms with E-state index in [2.05, 4.69) is 10.1 Å². The summed E-state index contributed by atoms with van der Waals surface area (Å²) >= 11 is 18.2. The van der Waals surface area contributed by atoms with Crippen LogP contribution < -0.4 is 5.32 Å². The molecule has 0 atom stereocenters. The molecule has 0 aliphatic carbocycles. The monoisotopic (exact) mass is 379 g/mol. The first-order valence-corrected chi connectivity index (χ1v) is 7.54. The number of hydrogen-bond donors (Lipinski definition) is 1. The highest BCUT2D eigenvalue weighted by molar-refractivity contribution is 6.46. The van der Waals surface area contributed by atoms with E-state index in [1.165, 1.54) is 7.11 Å². The van der Waals surface area contributed by atoms with Crippen molar-refractivity contribution in [2.45, 2.75) is 0 Å². The molecule has 0 aliphatic heterocycles. The van der Waals surface area contributed by atoms with Gasteiger partial charge in [0, 0.05) is 5.69 Å². The minimum absolute atomic E-state index is 0.000314. The molecule has 8 heteroatoms. The van der Waals surface area contributed by atoms with Gasteiger partial charge in [-0.3, -0.25) is 0 Å². The molecule has 0 amide bonds. The largest absolute Gasteiger partial charge is 0.465 e. The molecule has 0 spiro atoms. The fourth-order valence-electron chi connectivity index (χ4n) is 1.93. The second-order valence-electron chi connectivity index (χ2n) is 4.48. The number of hydrogen-bond acceptors (Lipinski definition) is 5. The van der Waals surface area contributed by atoms with E-state index < -0.39 is 5.97 Å². The molecule has 120 valence electrons. The van der Waals surface area contributed by atoms with Crippen molar-refractivity contribution >= 4 is 52.1 Å². The van der Waals surface area contributed by atoms with Gasteiger partial charge in [0.15, 0.2) is 0 Å². The molecule has 0 bridgehead atoms. The Morgan fingerprint density at radius 1 is 1.00 bits per heavy atom. The fourth-order valence-corrected chi connectivity index (χ4v) is 2.72. The Balaban J connectivity index is 2.49. The molecule has 5 nitrogen and oxygen atoms in total. The highest BCUT2D eigenvalue weighted by atomic mass is 35.5. The molecule has 0 radical (unpaired) electrons. The van der Waals surface area contributed by atoms with Crippen LogP contribution in [0.1, 0.15) is 21.5 Å². The number of esters is 1. The maximum atomic E-state index is 11.4. The van der Waals surface area contributed by atoms with Crippen molar-refractivity contribution in [3.8, 4) is 12.1 Å². The van der Waals surface area contributed by atoms with Crippen LogP contribution in [0.4, 0.5) is 11.4 Å². The molecule has 0 saturated carbocycles. The summed E-state index contributed by atoms with van der Waals surface area (Å²) in [6.45, 7) is 0. The van der Waals surface area contributed by atoms with Gasteiger partial charge in [0.2, 0.25) is 0 Å². The highest BCUT2D eigenvalue weighted by Gasteiger charge is 2.21. The van der Waals surface area contributed by atoms with Gasteiger partial charge >= 0.3 is 5.97 Å². The lowest BCUT2D eigenvalue weighted by atomic mass is 10.1. The predicted molar refractivity (Wildman–Crippen MR) is 92.0 cm³/mol. The molecule has 2 rings (SSSR count). The number of halogens is 3. The Kier molecular flexibility index (Phi) is 5.54. The van der Waals surface area contributed by atoms with E-state index in [0.29, 0.717) is 11.3 Å². The van der Waals surface area contributed by atoms with Gasteiger partial charge < -0.3 is 10.1 Å². The van der Waals surface area contributed by atoms with Crippen LogP contribution in [0.25, 0.3) is 0 Å². The number of nitriles is 2. The Labute approximate surface area is 152 Å². The van der Waals surface area contributed by atoms with Crippen LogP contribution >= 0.6 is 34.8 Å². The zero-order chi connectivity index (χ0) is 17.9. The van der Waals surface area contributed by atoms with Crippen LogP contribution in [-0.4, -0.2) is 13.1 Å². The minimum Gasteiger partial charge on any atom is -0.465 e. The summed E-state index contributed by atoms with van der Waals surface area (Å²) in [5.74, 6) is -0.471. The van der Waals surface area contributed by atoms with Crippen LogP contribution in [0.15, 0.2) is 24.3 Å². The summed E-state index contributed by atoms with van der Waals surface area (Å²) in [4.78, 5) is 11.4. The van der Waals surface area contributed by atoms with Gasteiger partial charge in [0.25, 0.3) is 0 Å². The van der Waals surface area contributed by atoms with Crippen LogP contribution in [0.2, 0.25) is 15.1 Å². The maximum absolute atomic E-state index is 11.4. The van der Waals surface area contributed by atoms with Gasteiger partial charge in [-0.25, -0.2) is 4.79 Å². The molecule has 0 heterocycles. The molecule has 2 aromatic carbocycles. The number of carbonyl (C=O) groups excluding carboxylic acids is 1.